The van der Waals surface area contributed by atoms with E-state index >= 15 is 0 Å². The molecule has 2 N–H and O–H groups in total. The molecule has 0 aromatic heterocycles. The van der Waals surface area contributed by atoms with Crippen molar-refractivity contribution in [3.05, 3.63) is 71.6 Å². The molecular formula is C23H28FN3O3. The first-order chi connectivity index (χ1) is 14.7. The average Bonchev–Trinajstić information content (AvgIpc) is 2.76. The first-order valence-electron chi connectivity index (χ1n) is 10.1. The van der Waals surface area contributed by atoms with Crippen molar-refractivity contribution < 1.29 is 18.6 Å². The number of aliphatic imine (C=N–C) groups is 1. The molecule has 1 heterocycles. The summed E-state index contributed by atoms with van der Waals surface area (Å²) in [7, 11) is 0. The van der Waals surface area contributed by atoms with Gasteiger partial charge in [0.1, 0.15) is 23.9 Å². The van der Waals surface area contributed by atoms with Crippen LogP contribution in [0.4, 0.5) is 4.39 Å². The Morgan fingerprint density at radius 3 is 2.97 bits per heavy atom. The van der Waals surface area contributed by atoms with Gasteiger partial charge in [-0.1, -0.05) is 30.9 Å². The summed E-state index contributed by atoms with van der Waals surface area (Å²) in [6.07, 6.45) is 2.32. The summed E-state index contributed by atoms with van der Waals surface area (Å²) in [6, 6.07) is 10.8. The van der Waals surface area contributed by atoms with E-state index in [0.717, 1.165) is 34.7 Å². The Morgan fingerprint density at radius 1 is 1.27 bits per heavy atom. The third kappa shape index (κ3) is 5.97. The van der Waals surface area contributed by atoms with Crippen LogP contribution in [0.3, 0.4) is 0 Å². The summed E-state index contributed by atoms with van der Waals surface area (Å²) in [5, 5.41) is 6.53. The molecule has 0 fully saturated rings. The van der Waals surface area contributed by atoms with Crippen molar-refractivity contribution in [1.82, 2.24) is 10.6 Å². The van der Waals surface area contributed by atoms with Crippen molar-refractivity contribution in [2.75, 3.05) is 26.5 Å². The largest absolute Gasteiger partial charge is 0.489 e. The van der Waals surface area contributed by atoms with E-state index in [9.17, 15) is 4.39 Å². The molecule has 6 nitrogen and oxygen atoms in total. The summed E-state index contributed by atoms with van der Waals surface area (Å²) < 4.78 is 30.4. The lowest BCUT2D eigenvalue weighted by Gasteiger charge is -2.21. The number of nitrogens with zero attached hydrogens (tertiary/aromatic N) is 1. The number of para-hydroxylation sites is 1. The van der Waals surface area contributed by atoms with Gasteiger partial charge in [0.25, 0.3) is 0 Å². The van der Waals surface area contributed by atoms with Crippen molar-refractivity contribution in [2.45, 2.75) is 26.5 Å². The minimum Gasteiger partial charge on any atom is -0.489 e. The highest BCUT2D eigenvalue weighted by molar-refractivity contribution is 5.79. The molecule has 1 aliphatic heterocycles. The van der Waals surface area contributed by atoms with Crippen LogP contribution >= 0.6 is 0 Å². The molecule has 0 atom stereocenters. The topological polar surface area (TPSA) is 64.1 Å². The summed E-state index contributed by atoms with van der Waals surface area (Å²) in [5.74, 6) is 1.92. The van der Waals surface area contributed by atoms with Gasteiger partial charge in [-0.3, -0.25) is 0 Å². The highest BCUT2D eigenvalue weighted by Crippen LogP contribution is 2.29. The lowest BCUT2D eigenvalue weighted by atomic mass is 10.1. The Kier molecular flexibility index (Phi) is 8.09. The predicted molar refractivity (Wildman–Crippen MR) is 115 cm³/mol. The molecule has 160 valence electrons. The lowest BCUT2D eigenvalue weighted by Crippen LogP contribution is -2.38. The quantitative estimate of drug-likeness (QED) is 0.374. The van der Waals surface area contributed by atoms with E-state index in [1.54, 1.807) is 6.08 Å². The molecule has 0 aliphatic carbocycles. The summed E-state index contributed by atoms with van der Waals surface area (Å²) >= 11 is 0. The van der Waals surface area contributed by atoms with E-state index in [-0.39, 0.29) is 12.6 Å². The molecule has 7 heteroatoms. The van der Waals surface area contributed by atoms with Crippen LogP contribution in [0.25, 0.3) is 0 Å². The molecule has 0 unspecified atom stereocenters. The maximum absolute atomic E-state index is 13.9. The fourth-order valence-corrected chi connectivity index (χ4v) is 3.19. The van der Waals surface area contributed by atoms with Crippen LogP contribution in [0.15, 0.2) is 54.0 Å². The average molecular weight is 413 g/mol. The van der Waals surface area contributed by atoms with Crippen LogP contribution in [0, 0.1) is 5.82 Å². The third-order valence-electron chi connectivity index (χ3n) is 4.52. The van der Waals surface area contributed by atoms with Crippen LogP contribution in [-0.2, 0) is 24.3 Å². The Hall–Kier alpha value is -3.06. The molecule has 0 radical (unpaired) electrons. The van der Waals surface area contributed by atoms with Crippen LogP contribution < -0.4 is 20.1 Å². The highest BCUT2D eigenvalue weighted by Gasteiger charge is 2.16. The zero-order chi connectivity index (χ0) is 21.2. The number of halogens is 1. The Bertz CT molecular complexity index is 886. The molecule has 0 amide bonds. The van der Waals surface area contributed by atoms with Gasteiger partial charge in [-0.05, 0) is 37.1 Å². The molecule has 2 aromatic rings. The van der Waals surface area contributed by atoms with Crippen LogP contribution in [0.2, 0.25) is 0 Å². The maximum Gasteiger partial charge on any atom is 0.191 e. The fourth-order valence-electron chi connectivity index (χ4n) is 3.19. The standard InChI is InChI=1S/C23H28FN3O3/c1-3-11-29-21-8-6-5-7-18(21)14-27-23(25-4-2)26-10-9-17-12-20(24)13-19-15-28-16-30-22(17)19/h3,5-8,12-13H,1,4,9-11,14-16H2,2H3,(H2,25,26,27). The normalized spacial score (nSPS) is 13.2. The first-order valence-corrected chi connectivity index (χ1v) is 10.1. The monoisotopic (exact) mass is 413 g/mol. The molecule has 0 saturated heterocycles. The van der Waals surface area contributed by atoms with Gasteiger partial charge in [0.2, 0.25) is 0 Å². The SMILES string of the molecule is C=CCOc1ccccc1CN=C(NCC)NCCc1cc(F)cc2c1OCOC2. The smallest absolute Gasteiger partial charge is 0.191 e. The molecule has 3 rings (SSSR count). The van der Waals surface area contributed by atoms with E-state index in [4.69, 9.17) is 14.2 Å². The third-order valence-corrected chi connectivity index (χ3v) is 4.52. The van der Waals surface area contributed by atoms with Gasteiger partial charge in [-0.15, -0.1) is 0 Å². The van der Waals surface area contributed by atoms with Crippen LogP contribution in [0.1, 0.15) is 23.6 Å². The number of guanidine groups is 1. The second kappa shape index (κ2) is 11.2. The van der Waals surface area contributed by atoms with E-state index in [1.165, 1.54) is 12.1 Å². The fraction of sp³-hybridized carbons (Fsp3) is 0.348. The first kappa shape index (κ1) is 21.6. The number of fused-ring (bicyclic) bond motifs is 1. The summed E-state index contributed by atoms with van der Waals surface area (Å²) in [5.41, 5.74) is 2.55. The highest BCUT2D eigenvalue weighted by atomic mass is 19.1. The minimum absolute atomic E-state index is 0.191. The van der Waals surface area contributed by atoms with Crippen molar-refractivity contribution in [2.24, 2.45) is 4.99 Å². The summed E-state index contributed by atoms with van der Waals surface area (Å²) in [6.45, 7) is 8.48. The van der Waals surface area contributed by atoms with Crippen molar-refractivity contribution in [3.8, 4) is 11.5 Å². The van der Waals surface area contributed by atoms with E-state index < -0.39 is 0 Å². The number of nitrogens with one attached hydrogen (secondary N) is 2. The van der Waals surface area contributed by atoms with Crippen LogP contribution in [0.5, 0.6) is 11.5 Å². The molecular weight excluding hydrogens is 385 g/mol. The molecule has 0 saturated carbocycles. The number of hydrogen-bond donors (Lipinski definition) is 2. The van der Waals surface area contributed by atoms with Gasteiger partial charge in [-0.25, -0.2) is 9.38 Å². The second-order valence-electron chi connectivity index (χ2n) is 6.74. The van der Waals surface area contributed by atoms with Gasteiger partial charge in [0.15, 0.2) is 12.8 Å². The van der Waals surface area contributed by atoms with Gasteiger partial charge >= 0.3 is 0 Å². The van der Waals surface area contributed by atoms with E-state index in [1.807, 2.05) is 31.2 Å². The van der Waals surface area contributed by atoms with Gasteiger partial charge in [0, 0.05) is 24.2 Å². The van der Waals surface area contributed by atoms with Crippen LogP contribution in [-0.4, -0.2) is 32.4 Å². The number of benzene rings is 2. The summed E-state index contributed by atoms with van der Waals surface area (Å²) in [4.78, 5) is 4.65. The molecule has 0 spiro atoms. The number of hydrogen-bond acceptors (Lipinski definition) is 4. The molecule has 1 aliphatic rings. The van der Waals surface area contributed by atoms with Crippen molar-refractivity contribution >= 4 is 5.96 Å². The molecule has 30 heavy (non-hydrogen) atoms. The van der Waals surface area contributed by atoms with Crippen molar-refractivity contribution in [1.29, 1.82) is 0 Å². The van der Waals surface area contributed by atoms with E-state index in [2.05, 4.69) is 22.2 Å². The molecule has 0 bridgehead atoms. The van der Waals surface area contributed by atoms with Gasteiger partial charge in [-0.2, -0.15) is 0 Å². The van der Waals surface area contributed by atoms with Crippen molar-refractivity contribution in [3.63, 3.8) is 0 Å². The van der Waals surface area contributed by atoms with Gasteiger partial charge in [0.05, 0.1) is 13.2 Å². The lowest BCUT2D eigenvalue weighted by molar-refractivity contribution is -0.0172. The molecule has 2 aromatic carbocycles. The predicted octanol–water partition coefficient (Wildman–Crippen LogP) is 3.55. The zero-order valence-electron chi connectivity index (χ0n) is 17.2. The Balaban J connectivity index is 1.63. The number of ether oxygens (including phenoxy) is 3. The zero-order valence-corrected chi connectivity index (χ0v) is 17.2. The van der Waals surface area contributed by atoms with E-state index in [0.29, 0.717) is 38.7 Å². The second-order valence-corrected chi connectivity index (χ2v) is 6.74. The number of rotatable bonds is 9. The maximum atomic E-state index is 13.9. The Morgan fingerprint density at radius 2 is 2.13 bits per heavy atom. The van der Waals surface area contributed by atoms with Gasteiger partial charge < -0.3 is 24.8 Å². The Labute approximate surface area is 176 Å². The minimum atomic E-state index is -0.283.